The van der Waals surface area contributed by atoms with Gasteiger partial charge in [0.2, 0.25) is 0 Å². The molecule has 1 unspecified atom stereocenters. The highest BCUT2D eigenvalue weighted by molar-refractivity contribution is 5.90. The molecule has 0 bridgehead atoms. The zero-order chi connectivity index (χ0) is 14.8. The van der Waals surface area contributed by atoms with Gasteiger partial charge in [-0.1, -0.05) is 12.1 Å². The molecule has 0 amide bonds. The molecule has 0 aliphatic carbocycles. The van der Waals surface area contributed by atoms with Crippen LogP contribution in [0.25, 0.3) is 0 Å². The number of benzene rings is 1. The Morgan fingerprint density at radius 3 is 2.81 bits per heavy atom. The van der Waals surface area contributed by atoms with Gasteiger partial charge < -0.3 is 15.2 Å². The van der Waals surface area contributed by atoms with Crippen molar-refractivity contribution in [3.05, 3.63) is 53.9 Å². The van der Waals surface area contributed by atoms with Gasteiger partial charge in [-0.25, -0.2) is 9.48 Å². The minimum Gasteiger partial charge on any atom is -0.494 e. The molecule has 1 aromatic heterocycles. The smallest absolute Gasteiger partial charge is 0.352 e. The first-order valence-corrected chi connectivity index (χ1v) is 6.67. The van der Waals surface area contributed by atoms with Crippen molar-refractivity contribution >= 4 is 11.8 Å². The second kappa shape index (κ2) is 5.32. The highest BCUT2D eigenvalue weighted by atomic mass is 16.5. The Bertz CT molecular complexity index is 688. The first kappa shape index (κ1) is 13.2. The maximum absolute atomic E-state index is 11.2. The van der Waals surface area contributed by atoms with Crippen LogP contribution in [0, 0.1) is 0 Å². The van der Waals surface area contributed by atoms with E-state index in [0.717, 1.165) is 11.3 Å². The van der Waals surface area contributed by atoms with Gasteiger partial charge in [0.15, 0.2) is 0 Å². The fraction of sp³-hybridized carbons (Fsp3) is 0.200. The van der Waals surface area contributed by atoms with Crippen molar-refractivity contribution in [2.24, 2.45) is 0 Å². The quantitative estimate of drug-likeness (QED) is 0.901. The summed E-state index contributed by atoms with van der Waals surface area (Å²) in [6, 6.07) is 9.08. The standard InChI is InChI=1S/C15H15N3O3/c1-2-21-11-5-3-10(4-6-11)13-9-12(15(19)20)17-14-7-8-16-18(13)14/h3-9,13,17H,2H2,1H3,(H,19,20). The number of hydrogen-bond donors (Lipinski definition) is 2. The third-order valence-corrected chi connectivity index (χ3v) is 3.28. The maximum atomic E-state index is 11.2. The Morgan fingerprint density at radius 2 is 2.14 bits per heavy atom. The summed E-state index contributed by atoms with van der Waals surface area (Å²) in [5.41, 5.74) is 1.10. The Balaban J connectivity index is 1.98. The molecule has 2 aromatic rings. The number of carboxylic acid groups (broad SMARTS) is 1. The van der Waals surface area contributed by atoms with Gasteiger partial charge in [-0.2, -0.15) is 5.10 Å². The van der Waals surface area contributed by atoms with Crippen molar-refractivity contribution in [1.82, 2.24) is 9.78 Å². The Hall–Kier alpha value is -2.76. The minimum absolute atomic E-state index is 0.155. The van der Waals surface area contributed by atoms with Crippen molar-refractivity contribution in [1.29, 1.82) is 0 Å². The molecular formula is C15H15N3O3. The summed E-state index contributed by atoms with van der Waals surface area (Å²) >= 11 is 0. The number of rotatable bonds is 4. The second-order valence-corrected chi connectivity index (χ2v) is 4.62. The number of aromatic nitrogens is 2. The molecule has 0 fully saturated rings. The van der Waals surface area contributed by atoms with E-state index < -0.39 is 5.97 Å². The van der Waals surface area contributed by atoms with E-state index in [4.69, 9.17) is 4.74 Å². The topological polar surface area (TPSA) is 76.4 Å². The van der Waals surface area contributed by atoms with Crippen molar-refractivity contribution in [3.8, 4) is 5.75 Å². The summed E-state index contributed by atoms with van der Waals surface area (Å²) in [5.74, 6) is 0.463. The van der Waals surface area contributed by atoms with Gasteiger partial charge in [0.25, 0.3) is 0 Å². The molecular weight excluding hydrogens is 270 g/mol. The zero-order valence-electron chi connectivity index (χ0n) is 11.5. The summed E-state index contributed by atoms with van der Waals surface area (Å²) in [6.45, 7) is 2.54. The lowest BCUT2D eigenvalue weighted by Gasteiger charge is -2.23. The Labute approximate surface area is 121 Å². The largest absolute Gasteiger partial charge is 0.494 e. The van der Waals surface area contributed by atoms with Crippen LogP contribution < -0.4 is 10.1 Å². The van der Waals surface area contributed by atoms with Crippen LogP contribution in [0.4, 0.5) is 5.82 Å². The molecule has 2 heterocycles. The third-order valence-electron chi connectivity index (χ3n) is 3.28. The van der Waals surface area contributed by atoms with Crippen molar-refractivity contribution in [3.63, 3.8) is 0 Å². The molecule has 1 aromatic carbocycles. The molecule has 3 rings (SSSR count). The van der Waals surface area contributed by atoms with E-state index in [-0.39, 0.29) is 11.7 Å². The normalized spacial score (nSPS) is 16.6. The van der Waals surface area contributed by atoms with Crippen LogP contribution in [0.15, 0.2) is 48.3 Å². The van der Waals surface area contributed by atoms with Crippen LogP contribution in [-0.2, 0) is 4.79 Å². The molecule has 0 saturated carbocycles. The zero-order valence-corrected chi connectivity index (χ0v) is 11.5. The Morgan fingerprint density at radius 1 is 1.38 bits per heavy atom. The van der Waals surface area contributed by atoms with Crippen LogP contribution in [0.3, 0.4) is 0 Å². The van der Waals surface area contributed by atoms with Crippen LogP contribution in [0.5, 0.6) is 5.75 Å². The summed E-state index contributed by atoms with van der Waals surface area (Å²) in [7, 11) is 0. The molecule has 21 heavy (non-hydrogen) atoms. The average molecular weight is 285 g/mol. The molecule has 6 heteroatoms. The number of allylic oxidation sites excluding steroid dienone is 1. The molecule has 1 aliphatic rings. The number of anilines is 1. The number of hydrogen-bond acceptors (Lipinski definition) is 4. The number of nitrogens with zero attached hydrogens (tertiary/aromatic N) is 2. The summed E-state index contributed by atoms with van der Waals surface area (Å²) in [6.07, 6.45) is 3.29. The van der Waals surface area contributed by atoms with Crippen LogP contribution in [-0.4, -0.2) is 27.5 Å². The minimum atomic E-state index is -0.988. The first-order chi connectivity index (χ1) is 10.2. The Kier molecular flexibility index (Phi) is 3.35. The third kappa shape index (κ3) is 2.47. The van der Waals surface area contributed by atoms with E-state index in [2.05, 4.69) is 10.4 Å². The number of fused-ring (bicyclic) bond motifs is 1. The lowest BCUT2D eigenvalue weighted by molar-refractivity contribution is -0.132. The lowest BCUT2D eigenvalue weighted by Crippen LogP contribution is -2.23. The number of aliphatic carboxylic acids is 1. The predicted molar refractivity (Wildman–Crippen MR) is 77.3 cm³/mol. The molecule has 6 nitrogen and oxygen atoms in total. The second-order valence-electron chi connectivity index (χ2n) is 4.62. The summed E-state index contributed by atoms with van der Waals surface area (Å²) < 4.78 is 7.17. The summed E-state index contributed by atoms with van der Waals surface area (Å²) in [5, 5.41) is 16.3. The van der Waals surface area contributed by atoms with Crippen LogP contribution in [0.1, 0.15) is 18.5 Å². The van der Waals surface area contributed by atoms with Gasteiger partial charge in [0.1, 0.15) is 17.3 Å². The highest BCUT2D eigenvalue weighted by Gasteiger charge is 2.24. The summed E-state index contributed by atoms with van der Waals surface area (Å²) in [4.78, 5) is 11.2. The van der Waals surface area contributed by atoms with Gasteiger partial charge >= 0.3 is 5.97 Å². The average Bonchev–Trinajstić information content (AvgIpc) is 2.95. The number of carboxylic acids is 1. The molecule has 1 atom stereocenters. The fourth-order valence-electron chi connectivity index (χ4n) is 2.33. The molecule has 1 aliphatic heterocycles. The van der Waals surface area contributed by atoms with Gasteiger partial charge in [0.05, 0.1) is 18.8 Å². The van der Waals surface area contributed by atoms with Crippen LogP contribution in [0.2, 0.25) is 0 Å². The highest BCUT2D eigenvalue weighted by Crippen LogP contribution is 2.30. The van der Waals surface area contributed by atoms with E-state index in [1.165, 1.54) is 0 Å². The SMILES string of the molecule is CCOc1ccc(C2C=C(C(=O)O)Nc3ccnn32)cc1. The van der Waals surface area contributed by atoms with Gasteiger partial charge in [-0.3, -0.25) is 0 Å². The number of carbonyl (C=O) groups is 1. The van der Waals surface area contributed by atoms with E-state index >= 15 is 0 Å². The monoisotopic (exact) mass is 285 g/mol. The van der Waals surface area contributed by atoms with Crippen LogP contribution >= 0.6 is 0 Å². The van der Waals surface area contributed by atoms with Crippen molar-refractivity contribution in [2.75, 3.05) is 11.9 Å². The maximum Gasteiger partial charge on any atom is 0.352 e. The molecule has 0 spiro atoms. The van der Waals surface area contributed by atoms with Gasteiger partial charge in [-0.15, -0.1) is 0 Å². The fourth-order valence-corrected chi connectivity index (χ4v) is 2.33. The van der Waals surface area contributed by atoms with Crippen molar-refractivity contribution in [2.45, 2.75) is 13.0 Å². The first-order valence-electron chi connectivity index (χ1n) is 6.67. The molecule has 2 N–H and O–H groups in total. The lowest BCUT2D eigenvalue weighted by atomic mass is 10.0. The van der Waals surface area contributed by atoms with E-state index in [9.17, 15) is 9.90 Å². The van der Waals surface area contributed by atoms with E-state index in [0.29, 0.717) is 12.4 Å². The number of ether oxygens (including phenoxy) is 1. The van der Waals surface area contributed by atoms with Crippen molar-refractivity contribution < 1.29 is 14.6 Å². The molecule has 0 saturated heterocycles. The van der Waals surface area contributed by atoms with Gasteiger partial charge in [0, 0.05) is 6.07 Å². The number of nitrogens with one attached hydrogen (secondary N) is 1. The van der Waals surface area contributed by atoms with E-state index in [1.54, 1.807) is 23.0 Å². The van der Waals surface area contributed by atoms with E-state index in [1.807, 2.05) is 31.2 Å². The predicted octanol–water partition coefficient (Wildman–Crippen LogP) is 2.27. The van der Waals surface area contributed by atoms with Gasteiger partial charge in [-0.05, 0) is 30.7 Å². The molecule has 0 radical (unpaired) electrons. The molecule has 108 valence electrons.